The van der Waals surface area contributed by atoms with Gasteiger partial charge in [0.05, 0.1) is 11.2 Å². The number of amides is 1. The first-order chi connectivity index (χ1) is 18.3. The Bertz CT molecular complexity index is 1120. The van der Waals surface area contributed by atoms with Crippen molar-refractivity contribution < 1.29 is 27.7 Å². The highest BCUT2D eigenvalue weighted by molar-refractivity contribution is 7.85. The molecule has 0 radical (unpaired) electrons. The molecule has 10 heteroatoms. The van der Waals surface area contributed by atoms with Crippen molar-refractivity contribution in [3.63, 3.8) is 0 Å². The first-order valence-electron chi connectivity index (χ1n) is 14.3. The van der Waals surface area contributed by atoms with Crippen LogP contribution in [0.1, 0.15) is 64.4 Å². The summed E-state index contributed by atoms with van der Waals surface area (Å²) in [5.41, 5.74) is -0.0490. The Morgan fingerprint density at radius 2 is 1.74 bits per heavy atom. The number of carbonyl (C=O) groups excluding carboxylic acids is 1. The second-order valence-corrected chi connectivity index (χ2v) is 14.1. The summed E-state index contributed by atoms with van der Waals surface area (Å²) in [6, 6.07) is 10.6. The largest absolute Gasteiger partial charge is 0.465 e. The van der Waals surface area contributed by atoms with E-state index < -0.39 is 27.4 Å². The van der Waals surface area contributed by atoms with Crippen LogP contribution < -0.4 is 0 Å². The van der Waals surface area contributed by atoms with Gasteiger partial charge in [-0.2, -0.15) is 8.42 Å². The first-order valence-corrected chi connectivity index (χ1v) is 15.9. The third-order valence-corrected chi connectivity index (χ3v) is 11.0. The maximum absolute atomic E-state index is 11.9. The molecule has 1 amide bonds. The average molecular weight is 564 g/mol. The summed E-state index contributed by atoms with van der Waals surface area (Å²) in [5, 5.41) is 9.72. The minimum absolute atomic E-state index is 0.0152. The minimum atomic E-state index is -4.08. The fraction of sp³-hybridized carbons (Fsp3) is 0.724. The van der Waals surface area contributed by atoms with E-state index in [-0.39, 0.29) is 23.2 Å². The molecule has 1 aromatic rings. The van der Waals surface area contributed by atoms with Gasteiger partial charge in [0.25, 0.3) is 10.1 Å². The summed E-state index contributed by atoms with van der Waals surface area (Å²) in [5.74, 6) is -0.101. The molecule has 218 valence electrons. The van der Waals surface area contributed by atoms with Gasteiger partial charge in [-0.25, -0.2) is 4.79 Å². The van der Waals surface area contributed by atoms with Crippen LogP contribution in [0.15, 0.2) is 30.3 Å². The molecular formula is C29H45N3O6S. The van der Waals surface area contributed by atoms with Crippen molar-refractivity contribution in [3.05, 3.63) is 35.9 Å². The smallest absolute Gasteiger partial charge is 0.407 e. The number of piperazine rings is 1. The Hall–Kier alpha value is -2.01. The Kier molecular flexibility index (Phi) is 9.10. The summed E-state index contributed by atoms with van der Waals surface area (Å²) in [6.45, 7) is 8.85. The lowest BCUT2D eigenvalue weighted by Gasteiger charge is -2.43. The van der Waals surface area contributed by atoms with E-state index in [1.54, 1.807) is 4.90 Å². The normalized spacial score (nSPS) is 31.0. The predicted molar refractivity (Wildman–Crippen MR) is 150 cm³/mol. The van der Waals surface area contributed by atoms with Crippen LogP contribution in [0, 0.1) is 16.7 Å². The van der Waals surface area contributed by atoms with Gasteiger partial charge >= 0.3 is 6.09 Å². The van der Waals surface area contributed by atoms with Gasteiger partial charge in [0.1, 0.15) is 5.78 Å². The number of benzene rings is 1. The van der Waals surface area contributed by atoms with Gasteiger partial charge in [-0.1, -0.05) is 44.2 Å². The van der Waals surface area contributed by atoms with E-state index in [4.69, 9.17) is 4.55 Å². The van der Waals surface area contributed by atoms with Crippen molar-refractivity contribution in [2.45, 2.75) is 77.4 Å². The van der Waals surface area contributed by atoms with Crippen LogP contribution >= 0.6 is 0 Å². The van der Waals surface area contributed by atoms with Crippen molar-refractivity contribution in [1.29, 1.82) is 0 Å². The summed E-state index contributed by atoms with van der Waals surface area (Å²) in [6.07, 6.45) is 5.48. The molecule has 3 saturated carbocycles. The van der Waals surface area contributed by atoms with Gasteiger partial charge in [0, 0.05) is 51.2 Å². The molecule has 4 fully saturated rings. The molecule has 2 bridgehead atoms. The molecule has 0 aromatic heterocycles. The number of carboxylic acid groups (broad SMARTS) is 1. The zero-order valence-electron chi connectivity index (χ0n) is 23.6. The van der Waals surface area contributed by atoms with Gasteiger partial charge in [0.15, 0.2) is 0 Å². The standard InChI is InChI=1S/C19H29N3O2.C10H16O4S/c1-20-10-12-21(13-11-20)17-8-5-9-18(14-17)22(19(23)24)15-16-6-3-2-4-7-16;1-9(2)7-3-4-10(9,8(11)5-7)6-15(12,13)14/h2-4,6-7,17-18H,5,8-15H2,1H3,(H,23,24);7H,3-6H2,1-2H3,(H,12,13,14)/t17-,18+;7-,10-/m11/s1. The zero-order valence-corrected chi connectivity index (χ0v) is 24.4. The van der Waals surface area contributed by atoms with E-state index >= 15 is 0 Å². The number of Topliss-reactive ketones (excluding diaryl/α,β-unsaturated/α-hetero) is 1. The molecule has 9 nitrogen and oxygen atoms in total. The highest BCUT2D eigenvalue weighted by Gasteiger charge is 2.65. The minimum Gasteiger partial charge on any atom is -0.465 e. The highest BCUT2D eigenvalue weighted by Crippen LogP contribution is 2.64. The molecule has 4 aliphatic rings. The SMILES string of the molecule is CC1(C)[C@@H]2CC[C@@]1(CS(=O)(=O)O)C(=O)C2.CN1CCN([C@@H]2CCC[C@H](N(Cc3ccccc3)C(=O)O)C2)CC1. The van der Waals surface area contributed by atoms with Gasteiger partial charge in [-0.3, -0.25) is 14.2 Å². The van der Waals surface area contributed by atoms with Crippen LogP contribution in [0.5, 0.6) is 0 Å². The van der Waals surface area contributed by atoms with Crippen molar-refractivity contribution in [2.75, 3.05) is 39.0 Å². The van der Waals surface area contributed by atoms with E-state index in [2.05, 4.69) is 16.8 Å². The van der Waals surface area contributed by atoms with Crippen LogP contribution in [0.2, 0.25) is 0 Å². The van der Waals surface area contributed by atoms with Crippen molar-refractivity contribution >= 4 is 22.0 Å². The number of hydrogen-bond donors (Lipinski definition) is 2. The Balaban J connectivity index is 0.000000202. The summed E-state index contributed by atoms with van der Waals surface area (Å²) in [4.78, 5) is 30.3. The lowest BCUT2D eigenvalue weighted by Crippen LogP contribution is -2.53. The fourth-order valence-electron chi connectivity index (χ4n) is 7.49. The Morgan fingerprint density at radius 3 is 2.28 bits per heavy atom. The van der Waals surface area contributed by atoms with E-state index in [1.165, 1.54) is 6.42 Å². The maximum atomic E-state index is 11.9. The molecular weight excluding hydrogens is 518 g/mol. The number of carbonyl (C=O) groups is 2. The zero-order chi connectivity index (χ0) is 28.4. The number of likely N-dealkylation sites (N-methyl/N-ethyl adjacent to an activating group) is 1. The highest BCUT2D eigenvalue weighted by atomic mass is 32.2. The number of fused-ring (bicyclic) bond motifs is 2. The average Bonchev–Trinajstić information content (AvgIpc) is 3.22. The van der Waals surface area contributed by atoms with Gasteiger partial charge < -0.3 is 14.9 Å². The molecule has 1 aromatic carbocycles. The Morgan fingerprint density at radius 1 is 1.08 bits per heavy atom. The molecule has 1 heterocycles. The predicted octanol–water partition coefficient (Wildman–Crippen LogP) is 3.99. The first kappa shape index (κ1) is 30.0. The van der Waals surface area contributed by atoms with Crippen LogP contribution in [0.4, 0.5) is 4.79 Å². The van der Waals surface area contributed by atoms with E-state index in [1.807, 2.05) is 44.2 Å². The molecule has 5 rings (SSSR count). The third-order valence-electron chi connectivity index (χ3n) is 10.1. The quantitative estimate of drug-likeness (QED) is 0.499. The Labute approximate surface area is 233 Å². The van der Waals surface area contributed by atoms with E-state index in [0.29, 0.717) is 25.4 Å². The molecule has 0 unspecified atom stereocenters. The molecule has 1 aliphatic heterocycles. The van der Waals surface area contributed by atoms with Crippen LogP contribution in [-0.4, -0.2) is 95.7 Å². The second-order valence-electron chi connectivity index (χ2n) is 12.6. The molecule has 4 atom stereocenters. The van der Waals surface area contributed by atoms with Crippen LogP contribution in [-0.2, 0) is 21.5 Å². The molecule has 39 heavy (non-hydrogen) atoms. The third kappa shape index (κ3) is 6.66. The summed E-state index contributed by atoms with van der Waals surface area (Å²) < 4.78 is 31.0. The van der Waals surface area contributed by atoms with E-state index in [9.17, 15) is 23.1 Å². The van der Waals surface area contributed by atoms with Gasteiger partial charge in [0.2, 0.25) is 0 Å². The van der Waals surface area contributed by atoms with Gasteiger partial charge in [-0.15, -0.1) is 0 Å². The monoisotopic (exact) mass is 563 g/mol. The fourth-order valence-corrected chi connectivity index (χ4v) is 8.79. The molecule has 3 aliphatic carbocycles. The number of hydrogen-bond acceptors (Lipinski definition) is 6. The lowest BCUT2D eigenvalue weighted by atomic mass is 9.70. The van der Waals surface area contributed by atoms with Gasteiger partial charge in [-0.05, 0) is 62.5 Å². The topological polar surface area (TPSA) is 118 Å². The molecule has 0 spiro atoms. The summed E-state index contributed by atoms with van der Waals surface area (Å²) >= 11 is 0. The van der Waals surface area contributed by atoms with Crippen LogP contribution in [0.3, 0.4) is 0 Å². The summed E-state index contributed by atoms with van der Waals surface area (Å²) in [7, 11) is -1.90. The van der Waals surface area contributed by atoms with Crippen LogP contribution in [0.25, 0.3) is 0 Å². The number of ketones is 1. The lowest BCUT2D eigenvalue weighted by molar-refractivity contribution is -0.128. The number of rotatable bonds is 6. The maximum Gasteiger partial charge on any atom is 0.407 e. The van der Waals surface area contributed by atoms with E-state index in [0.717, 1.165) is 57.4 Å². The van der Waals surface area contributed by atoms with Crippen molar-refractivity contribution in [2.24, 2.45) is 16.7 Å². The number of nitrogens with zero attached hydrogens (tertiary/aromatic N) is 3. The van der Waals surface area contributed by atoms with Crippen molar-refractivity contribution in [3.8, 4) is 0 Å². The molecule has 2 N–H and O–H groups in total. The second kappa shape index (κ2) is 11.8. The van der Waals surface area contributed by atoms with Crippen molar-refractivity contribution in [1.82, 2.24) is 14.7 Å². The molecule has 1 saturated heterocycles.